The molecular formula is C13H18FN. The molecule has 0 amide bonds. The fraction of sp³-hybridized carbons (Fsp3) is 0.538. The first-order chi connectivity index (χ1) is 7.06. The molecule has 1 fully saturated rings. The van der Waals surface area contributed by atoms with E-state index in [1.807, 2.05) is 13.0 Å². The summed E-state index contributed by atoms with van der Waals surface area (Å²) in [5.41, 5.74) is 7.95. The highest BCUT2D eigenvalue weighted by Crippen LogP contribution is 2.52. The van der Waals surface area contributed by atoms with Crippen molar-refractivity contribution in [3.63, 3.8) is 0 Å². The van der Waals surface area contributed by atoms with E-state index in [1.54, 1.807) is 12.1 Å². The molecule has 0 aromatic heterocycles. The van der Waals surface area contributed by atoms with Gasteiger partial charge in [-0.05, 0) is 48.9 Å². The Labute approximate surface area is 90.5 Å². The molecular weight excluding hydrogens is 189 g/mol. The first-order valence-electron chi connectivity index (χ1n) is 5.63. The second-order valence-corrected chi connectivity index (χ2v) is 4.75. The number of rotatable bonds is 3. The summed E-state index contributed by atoms with van der Waals surface area (Å²) in [6.07, 6.45) is 3.30. The fourth-order valence-electron chi connectivity index (χ4n) is 2.42. The van der Waals surface area contributed by atoms with Crippen LogP contribution in [0.5, 0.6) is 0 Å². The Balaban J connectivity index is 2.24. The molecule has 2 rings (SSSR count). The van der Waals surface area contributed by atoms with Crippen molar-refractivity contribution < 1.29 is 4.39 Å². The third-order valence-corrected chi connectivity index (χ3v) is 3.37. The smallest absolute Gasteiger partial charge is 0.123 e. The highest BCUT2D eigenvalue weighted by atomic mass is 19.1. The number of aryl methyl sites for hydroxylation is 1. The summed E-state index contributed by atoms with van der Waals surface area (Å²) < 4.78 is 13.2. The minimum atomic E-state index is -0.247. The third-order valence-electron chi connectivity index (χ3n) is 3.37. The van der Waals surface area contributed by atoms with Gasteiger partial charge in [-0.25, -0.2) is 4.39 Å². The first-order valence-corrected chi connectivity index (χ1v) is 5.63. The molecule has 0 radical (unpaired) electrons. The van der Waals surface area contributed by atoms with Gasteiger partial charge in [0.2, 0.25) is 0 Å². The van der Waals surface area contributed by atoms with Gasteiger partial charge in [0, 0.05) is 5.54 Å². The van der Waals surface area contributed by atoms with E-state index in [0.717, 1.165) is 30.4 Å². The lowest BCUT2D eigenvalue weighted by Gasteiger charge is -2.13. The predicted octanol–water partition coefficient (Wildman–Crippen LogP) is 3.11. The van der Waals surface area contributed by atoms with Crippen LogP contribution in [0.25, 0.3) is 0 Å². The highest BCUT2D eigenvalue weighted by molar-refractivity contribution is 5.35. The van der Waals surface area contributed by atoms with Gasteiger partial charge in [0.05, 0.1) is 0 Å². The number of benzene rings is 1. The normalized spacial score (nSPS) is 29.2. The van der Waals surface area contributed by atoms with Crippen molar-refractivity contribution in [3.05, 3.63) is 35.1 Å². The Morgan fingerprint density at radius 1 is 1.47 bits per heavy atom. The van der Waals surface area contributed by atoms with Crippen LogP contribution in [0.2, 0.25) is 0 Å². The first kappa shape index (κ1) is 10.6. The second kappa shape index (κ2) is 3.60. The monoisotopic (exact) mass is 207 g/mol. The molecule has 1 saturated carbocycles. The van der Waals surface area contributed by atoms with Crippen LogP contribution in [0.15, 0.2) is 18.2 Å². The predicted molar refractivity (Wildman–Crippen MR) is 60.0 cm³/mol. The molecule has 1 aliphatic rings. The molecule has 0 aliphatic heterocycles. The Morgan fingerprint density at radius 3 is 2.80 bits per heavy atom. The SMILES string of the molecule is CCCC1CC1(N)c1cc(C)cc(F)c1. The maximum atomic E-state index is 13.2. The molecule has 0 spiro atoms. The van der Waals surface area contributed by atoms with Crippen molar-refractivity contribution in [2.24, 2.45) is 11.7 Å². The quantitative estimate of drug-likeness (QED) is 0.809. The lowest BCUT2D eigenvalue weighted by atomic mass is 9.99. The Bertz CT molecular complexity index is 355. The van der Waals surface area contributed by atoms with E-state index in [-0.39, 0.29) is 11.4 Å². The van der Waals surface area contributed by atoms with E-state index >= 15 is 0 Å². The van der Waals surface area contributed by atoms with Crippen molar-refractivity contribution in [1.82, 2.24) is 0 Å². The zero-order valence-electron chi connectivity index (χ0n) is 9.39. The molecule has 15 heavy (non-hydrogen) atoms. The average Bonchev–Trinajstić information content (AvgIpc) is 2.77. The van der Waals surface area contributed by atoms with Gasteiger partial charge in [-0.2, -0.15) is 0 Å². The molecule has 1 nitrogen and oxygen atoms in total. The summed E-state index contributed by atoms with van der Waals surface area (Å²) in [4.78, 5) is 0. The summed E-state index contributed by atoms with van der Waals surface area (Å²) in [5.74, 6) is 0.376. The molecule has 0 bridgehead atoms. The standard InChI is InChI=1S/C13H18FN/c1-3-4-10-8-13(10,15)11-5-9(2)6-12(14)7-11/h5-7,10H,3-4,8,15H2,1-2H3. The van der Waals surface area contributed by atoms with Gasteiger partial charge in [0.25, 0.3) is 0 Å². The van der Waals surface area contributed by atoms with Gasteiger partial charge in [0.1, 0.15) is 5.82 Å². The van der Waals surface area contributed by atoms with E-state index in [2.05, 4.69) is 6.92 Å². The lowest BCUT2D eigenvalue weighted by molar-refractivity contribution is 0.572. The maximum absolute atomic E-state index is 13.2. The number of hydrogen-bond acceptors (Lipinski definition) is 1. The molecule has 1 aromatic carbocycles. The summed E-state index contributed by atoms with van der Waals surface area (Å²) >= 11 is 0. The molecule has 2 atom stereocenters. The number of hydrogen-bond donors (Lipinski definition) is 1. The van der Waals surface area contributed by atoms with Crippen molar-refractivity contribution in [1.29, 1.82) is 0 Å². The van der Waals surface area contributed by atoms with E-state index < -0.39 is 0 Å². The number of nitrogens with two attached hydrogens (primary N) is 1. The Kier molecular flexibility index (Phi) is 2.55. The van der Waals surface area contributed by atoms with E-state index in [1.165, 1.54) is 0 Å². The molecule has 82 valence electrons. The molecule has 1 aliphatic carbocycles. The topological polar surface area (TPSA) is 26.0 Å². The van der Waals surface area contributed by atoms with Crippen LogP contribution in [-0.2, 0) is 5.54 Å². The van der Waals surface area contributed by atoms with Crippen LogP contribution in [0.4, 0.5) is 4.39 Å². The van der Waals surface area contributed by atoms with E-state index in [0.29, 0.717) is 5.92 Å². The van der Waals surface area contributed by atoms with Gasteiger partial charge in [-0.3, -0.25) is 0 Å². The van der Waals surface area contributed by atoms with Crippen LogP contribution in [0.1, 0.15) is 37.3 Å². The van der Waals surface area contributed by atoms with Crippen molar-refractivity contribution in [3.8, 4) is 0 Å². The van der Waals surface area contributed by atoms with Gasteiger partial charge in [0.15, 0.2) is 0 Å². The zero-order valence-corrected chi connectivity index (χ0v) is 9.39. The highest BCUT2D eigenvalue weighted by Gasteiger charge is 2.51. The number of halogens is 1. The van der Waals surface area contributed by atoms with Gasteiger partial charge >= 0.3 is 0 Å². The van der Waals surface area contributed by atoms with Crippen LogP contribution in [0, 0.1) is 18.7 Å². The molecule has 0 saturated heterocycles. The Hall–Kier alpha value is -0.890. The van der Waals surface area contributed by atoms with Crippen LogP contribution in [0.3, 0.4) is 0 Å². The minimum absolute atomic E-state index is 0.169. The summed E-state index contributed by atoms with van der Waals surface area (Å²) in [7, 11) is 0. The molecule has 0 heterocycles. The molecule has 1 aromatic rings. The molecule has 2 N–H and O–H groups in total. The van der Waals surface area contributed by atoms with Crippen LogP contribution in [-0.4, -0.2) is 0 Å². The molecule has 2 heteroatoms. The fourth-order valence-corrected chi connectivity index (χ4v) is 2.42. The third kappa shape index (κ3) is 1.91. The van der Waals surface area contributed by atoms with E-state index in [9.17, 15) is 4.39 Å². The second-order valence-electron chi connectivity index (χ2n) is 4.75. The summed E-state index contributed by atoms with van der Waals surface area (Å²) in [5, 5.41) is 0. The van der Waals surface area contributed by atoms with E-state index in [4.69, 9.17) is 5.73 Å². The van der Waals surface area contributed by atoms with Crippen LogP contribution < -0.4 is 5.73 Å². The van der Waals surface area contributed by atoms with Crippen molar-refractivity contribution in [2.75, 3.05) is 0 Å². The van der Waals surface area contributed by atoms with Crippen molar-refractivity contribution >= 4 is 0 Å². The molecule has 2 unspecified atom stereocenters. The minimum Gasteiger partial charge on any atom is -0.321 e. The maximum Gasteiger partial charge on any atom is 0.123 e. The van der Waals surface area contributed by atoms with Gasteiger partial charge in [-0.15, -0.1) is 0 Å². The lowest BCUT2D eigenvalue weighted by Crippen LogP contribution is -2.22. The van der Waals surface area contributed by atoms with Gasteiger partial charge < -0.3 is 5.73 Å². The Morgan fingerprint density at radius 2 is 2.20 bits per heavy atom. The largest absolute Gasteiger partial charge is 0.321 e. The average molecular weight is 207 g/mol. The van der Waals surface area contributed by atoms with Gasteiger partial charge in [-0.1, -0.05) is 19.4 Å². The summed E-state index contributed by atoms with van der Waals surface area (Å²) in [6.45, 7) is 4.07. The summed E-state index contributed by atoms with van der Waals surface area (Å²) in [6, 6.07) is 5.14. The zero-order chi connectivity index (χ0) is 11.1. The van der Waals surface area contributed by atoms with Crippen molar-refractivity contribution in [2.45, 2.75) is 38.6 Å². The van der Waals surface area contributed by atoms with Crippen LogP contribution >= 0.6 is 0 Å².